The van der Waals surface area contributed by atoms with Gasteiger partial charge in [0.2, 0.25) is 0 Å². The maximum Gasteiger partial charge on any atom is 0.306 e. The zero-order chi connectivity index (χ0) is 31.9. The van der Waals surface area contributed by atoms with Gasteiger partial charge in [0.25, 0.3) is 0 Å². The maximum absolute atomic E-state index is 12.1. The fraction of sp³-hybridized carbons (Fsp3) is 0.895. The molecule has 0 bridgehead atoms. The lowest BCUT2D eigenvalue weighted by Gasteiger charge is -2.15. The van der Waals surface area contributed by atoms with E-state index in [0.29, 0.717) is 25.0 Å². The zero-order valence-electron chi connectivity index (χ0n) is 28.9. The third-order valence-corrected chi connectivity index (χ3v) is 8.73. The Hall–Kier alpha value is -1.40. The van der Waals surface area contributed by atoms with Crippen LogP contribution >= 0.6 is 0 Å². The van der Waals surface area contributed by atoms with E-state index in [4.69, 9.17) is 14.2 Å². The normalized spacial score (nSPS) is 16.8. The fourth-order valence-electron chi connectivity index (χ4n) is 5.74. The van der Waals surface area contributed by atoms with E-state index in [0.717, 1.165) is 57.8 Å². The minimum Gasteiger partial charge on any atom is -0.462 e. The largest absolute Gasteiger partial charge is 0.462 e. The first kappa shape index (κ1) is 40.6. The van der Waals surface area contributed by atoms with Gasteiger partial charge in [0, 0.05) is 12.8 Å². The average molecular weight is 623 g/mol. The van der Waals surface area contributed by atoms with Crippen LogP contribution in [-0.4, -0.2) is 48.6 Å². The fourth-order valence-corrected chi connectivity index (χ4v) is 5.74. The van der Waals surface area contributed by atoms with Crippen molar-refractivity contribution in [3.63, 3.8) is 0 Å². The molecule has 1 heterocycles. The third kappa shape index (κ3) is 25.9. The van der Waals surface area contributed by atoms with Gasteiger partial charge >= 0.3 is 11.9 Å². The van der Waals surface area contributed by atoms with Crippen LogP contribution in [-0.2, 0) is 23.8 Å². The smallest absolute Gasteiger partial charge is 0.306 e. The Balaban J connectivity index is 1.88. The van der Waals surface area contributed by atoms with Crippen LogP contribution in [0.2, 0.25) is 0 Å². The van der Waals surface area contributed by atoms with Crippen LogP contribution in [0.3, 0.4) is 0 Å². The van der Waals surface area contributed by atoms with Crippen LogP contribution < -0.4 is 0 Å². The Morgan fingerprint density at radius 2 is 1.14 bits per heavy atom. The van der Waals surface area contributed by atoms with E-state index in [1.807, 2.05) is 0 Å². The molecule has 1 fully saturated rings. The van der Waals surface area contributed by atoms with Gasteiger partial charge in [-0.15, -0.1) is 0 Å². The molecule has 1 N–H and O–H groups in total. The Bertz CT molecular complexity index is 693. The van der Waals surface area contributed by atoms with E-state index >= 15 is 0 Å². The highest BCUT2D eigenvalue weighted by molar-refractivity contribution is 5.70. The van der Waals surface area contributed by atoms with Gasteiger partial charge in [0.05, 0.1) is 18.8 Å². The van der Waals surface area contributed by atoms with Crippen molar-refractivity contribution < 1.29 is 28.9 Å². The quantitative estimate of drug-likeness (QED) is 0.0339. The lowest BCUT2D eigenvalue weighted by Crippen LogP contribution is -2.28. The van der Waals surface area contributed by atoms with Crippen LogP contribution in [0, 0.1) is 0 Å². The molecule has 1 rings (SSSR count). The molecule has 1 aliphatic heterocycles. The third-order valence-electron chi connectivity index (χ3n) is 8.73. The van der Waals surface area contributed by atoms with Crippen molar-refractivity contribution >= 4 is 11.9 Å². The van der Waals surface area contributed by atoms with Crippen LogP contribution in [0.25, 0.3) is 0 Å². The molecule has 258 valence electrons. The minimum absolute atomic E-state index is 0.0731. The second-order valence-electron chi connectivity index (χ2n) is 13.0. The van der Waals surface area contributed by atoms with E-state index in [2.05, 4.69) is 26.0 Å². The molecule has 0 aromatic rings. The molecule has 1 aliphatic rings. The highest BCUT2D eigenvalue weighted by Gasteiger charge is 2.36. The molecule has 44 heavy (non-hydrogen) atoms. The van der Waals surface area contributed by atoms with E-state index in [1.165, 1.54) is 103 Å². The van der Waals surface area contributed by atoms with Crippen molar-refractivity contribution in [2.24, 2.45) is 0 Å². The summed E-state index contributed by atoms with van der Waals surface area (Å²) in [5, 5.41) is 9.54. The van der Waals surface area contributed by atoms with Gasteiger partial charge in [-0.05, 0) is 38.5 Å². The number of aliphatic hydroxyl groups is 1. The SMILES string of the molecule is CCCCC/C=C\CC1OC1CCCCCCCC(=O)OC[C@H](CO)OC(=O)CCCCCCCCCCCCCCCC. The van der Waals surface area contributed by atoms with E-state index in [9.17, 15) is 14.7 Å². The molecule has 2 unspecified atom stereocenters. The molecule has 0 saturated carbocycles. The van der Waals surface area contributed by atoms with Gasteiger partial charge in [-0.3, -0.25) is 9.59 Å². The standard InChI is InChI=1S/C38H70O6/c1-3-5-7-9-11-12-13-14-15-16-17-18-22-27-31-38(41)43-34(32-39)33-42-37(40)30-26-23-19-21-25-29-36-35(44-36)28-24-20-10-8-6-4-2/h20,24,34-36,39H,3-19,21-23,25-33H2,1-2H3/b24-20-/t34-,35?,36?/m0/s1. The summed E-state index contributed by atoms with van der Waals surface area (Å²) in [6, 6.07) is 0. The molecular weight excluding hydrogens is 552 g/mol. The Morgan fingerprint density at radius 1 is 0.636 bits per heavy atom. The number of esters is 2. The van der Waals surface area contributed by atoms with Crippen molar-refractivity contribution in [2.75, 3.05) is 13.2 Å². The predicted molar refractivity (Wildman–Crippen MR) is 182 cm³/mol. The topological polar surface area (TPSA) is 85.4 Å². The van der Waals surface area contributed by atoms with Gasteiger partial charge < -0.3 is 19.3 Å². The second kappa shape index (κ2) is 30.3. The van der Waals surface area contributed by atoms with Gasteiger partial charge in [0.15, 0.2) is 6.10 Å². The molecule has 1 saturated heterocycles. The van der Waals surface area contributed by atoms with E-state index < -0.39 is 6.10 Å². The summed E-state index contributed by atoms with van der Waals surface area (Å²) in [5.74, 6) is -0.607. The molecular formula is C38H70O6. The summed E-state index contributed by atoms with van der Waals surface area (Å²) in [6.07, 6.45) is 35.7. The predicted octanol–water partition coefficient (Wildman–Crippen LogP) is 10.3. The van der Waals surface area contributed by atoms with Gasteiger partial charge in [0.1, 0.15) is 6.61 Å². The number of aliphatic hydroxyl groups excluding tert-OH is 1. The summed E-state index contributed by atoms with van der Waals surface area (Å²) in [7, 11) is 0. The van der Waals surface area contributed by atoms with Crippen molar-refractivity contribution in [1.82, 2.24) is 0 Å². The summed E-state index contributed by atoms with van der Waals surface area (Å²) in [6.45, 7) is 4.09. The molecule has 0 amide bonds. The molecule has 6 heteroatoms. The maximum atomic E-state index is 12.1. The second-order valence-corrected chi connectivity index (χ2v) is 13.0. The Labute approximate surface area is 271 Å². The summed E-state index contributed by atoms with van der Waals surface area (Å²) in [5.41, 5.74) is 0. The number of ether oxygens (including phenoxy) is 3. The average Bonchev–Trinajstić information content (AvgIpc) is 3.78. The number of hydrogen-bond acceptors (Lipinski definition) is 6. The van der Waals surface area contributed by atoms with Crippen LogP contribution in [0.15, 0.2) is 12.2 Å². The minimum atomic E-state index is -0.775. The van der Waals surface area contributed by atoms with Gasteiger partial charge in [-0.25, -0.2) is 0 Å². The number of hydrogen-bond donors (Lipinski definition) is 1. The van der Waals surface area contributed by atoms with E-state index in [-0.39, 0.29) is 25.2 Å². The number of rotatable bonds is 33. The number of epoxide rings is 1. The first-order valence-corrected chi connectivity index (χ1v) is 18.9. The van der Waals surface area contributed by atoms with Crippen molar-refractivity contribution in [2.45, 2.75) is 206 Å². The first-order chi connectivity index (χ1) is 21.6. The summed E-state index contributed by atoms with van der Waals surface area (Å²) in [4.78, 5) is 24.2. The highest BCUT2D eigenvalue weighted by atomic mass is 16.6. The first-order valence-electron chi connectivity index (χ1n) is 18.9. The van der Waals surface area contributed by atoms with Crippen LogP contribution in [0.5, 0.6) is 0 Å². The number of allylic oxidation sites excluding steroid dienone is 1. The summed E-state index contributed by atoms with van der Waals surface area (Å²) >= 11 is 0. The molecule has 0 aromatic heterocycles. The summed E-state index contributed by atoms with van der Waals surface area (Å²) < 4.78 is 16.4. The van der Waals surface area contributed by atoms with Gasteiger partial charge in [-0.1, -0.05) is 148 Å². The van der Waals surface area contributed by atoms with Crippen LogP contribution in [0.4, 0.5) is 0 Å². The monoisotopic (exact) mass is 623 g/mol. The number of unbranched alkanes of at least 4 members (excludes halogenated alkanes) is 20. The van der Waals surface area contributed by atoms with Crippen molar-refractivity contribution in [1.29, 1.82) is 0 Å². The Morgan fingerprint density at radius 3 is 1.70 bits per heavy atom. The Kier molecular flexibility index (Phi) is 27.9. The molecule has 0 radical (unpaired) electrons. The lowest BCUT2D eigenvalue weighted by molar-refractivity contribution is -0.161. The lowest BCUT2D eigenvalue weighted by atomic mass is 10.0. The van der Waals surface area contributed by atoms with E-state index in [1.54, 1.807) is 0 Å². The van der Waals surface area contributed by atoms with Crippen molar-refractivity contribution in [3.8, 4) is 0 Å². The zero-order valence-corrected chi connectivity index (χ0v) is 28.9. The molecule has 0 spiro atoms. The number of carbonyl (C=O) groups excluding carboxylic acids is 2. The molecule has 0 aliphatic carbocycles. The molecule has 3 atom stereocenters. The van der Waals surface area contributed by atoms with Crippen molar-refractivity contribution in [3.05, 3.63) is 12.2 Å². The molecule has 6 nitrogen and oxygen atoms in total. The number of carbonyl (C=O) groups is 2. The van der Waals surface area contributed by atoms with Crippen LogP contribution in [0.1, 0.15) is 187 Å². The molecule has 0 aromatic carbocycles. The highest BCUT2D eigenvalue weighted by Crippen LogP contribution is 2.30. The van der Waals surface area contributed by atoms with Gasteiger partial charge in [-0.2, -0.15) is 0 Å².